The van der Waals surface area contributed by atoms with Crippen LogP contribution in [0.4, 0.5) is 8.78 Å². The lowest BCUT2D eigenvalue weighted by Crippen LogP contribution is -2.02. The third kappa shape index (κ3) is 3.77. The van der Waals surface area contributed by atoms with Crippen molar-refractivity contribution in [1.29, 1.82) is 5.26 Å². The Morgan fingerprint density at radius 1 is 1.32 bits per heavy atom. The Morgan fingerprint density at radius 3 is 2.50 bits per heavy atom. The largest absolute Gasteiger partial charge is 0.435 e. The van der Waals surface area contributed by atoms with E-state index in [4.69, 9.17) is 5.26 Å². The molecule has 1 heterocycles. The smallest absolute Gasteiger partial charge is 0.387 e. The number of carbonyl (C=O) groups excluding carboxylic acids is 1. The number of nitriles is 1. The summed E-state index contributed by atoms with van der Waals surface area (Å²) in [5.74, 6) is -0.325. The molecule has 0 atom stereocenters. The van der Waals surface area contributed by atoms with Gasteiger partial charge in [-0.3, -0.25) is 4.79 Å². The summed E-state index contributed by atoms with van der Waals surface area (Å²) < 4.78 is 28.4. The first-order valence-corrected chi connectivity index (χ1v) is 7.14. The second-order valence-electron chi connectivity index (χ2n) is 4.38. The van der Waals surface area contributed by atoms with Gasteiger partial charge in [-0.25, -0.2) is 0 Å². The van der Waals surface area contributed by atoms with E-state index in [0.29, 0.717) is 10.4 Å². The highest BCUT2D eigenvalue weighted by atomic mass is 32.1. The SMILES string of the molecule is Cc1ccsc1C(=O)/C(C#N)=C/c1ccc(OC(F)F)cc1. The Labute approximate surface area is 130 Å². The first-order valence-electron chi connectivity index (χ1n) is 6.26. The number of ether oxygens (including phenoxy) is 1. The molecular weight excluding hydrogens is 308 g/mol. The molecule has 0 fully saturated rings. The van der Waals surface area contributed by atoms with Gasteiger partial charge in [0.15, 0.2) is 0 Å². The lowest BCUT2D eigenvalue weighted by molar-refractivity contribution is -0.0498. The fourth-order valence-electron chi connectivity index (χ4n) is 1.79. The lowest BCUT2D eigenvalue weighted by atomic mass is 10.1. The number of rotatable bonds is 5. The van der Waals surface area contributed by atoms with Crippen LogP contribution in [0.2, 0.25) is 0 Å². The molecular formula is C16H11F2NO2S. The summed E-state index contributed by atoms with van der Waals surface area (Å²) in [5.41, 5.74) is 1.37. The molecule has 0 radical (unpaired) electrons. The molecule has 0 N–H and O–H groups in total. The Morgan fingerprint density at radius 2 is 2.00 bits per heavy atom. The fraction of sp³-hybridized carbons (Fsp3) is 0.125. The van der Waals surface area contributed by atoms with Crippen LogP contribution in [0.25, 0.3) is 6.08 Å². The van der Waals surface area contributed by atoms with E-state index in [1.54, 1.807) is 12.3 Å². The Hall–Kier alpha value is -2.52. The van der Waals surface area contributed by atoms with Gasteiger partial charge in [0, 0.05) is 0 Å². The molecule has 1 aromatic heterocycles. The average Bonchev–Trinajstić information content (AvgIpc) is 2.91. The number of nitrogens with zero attached hydrogens (tertiary/aromatic N) is 1. The number of carbonyl (C=O) groups is 1. The zero-order chi connectivity index (χ0) is 16.1. The van der Waals surface area contributed by atoms with E-state index >= 15 is 0 Å². The van der Waals surface area contributed by atoms with Crippen molar-refractivity contribution in [2.24, 2.45) is 0 Å². The van der Waals surface area contributed by atoms with Crippen LogP contribution < -0.4 is 4.74 Å². The maximum Gasteiger partial charge on any atom is 0.387 e. The summed E-state index contributed by atoms with van der Waals surface area (Å²) in [4.78, 5) is 12.8. The van der Waals surface area contributed by atoms with Gasteiger partial charge in [-0.05, 0) is 47.7 Å². The van der Waals surface area contributed by atoms with E-state index in [1.165, 1.54) is 41.7 Å². The van der Waals surface area contributed by atoms with Gasteiger partial charge in [0.2, 0.25) is 5.78 Å². The molecule has 6 heteroatoms. The number of ketones is 1. The molecule has 0 saturated carbocycles. The van der Waals surface area contributed by atoms with E-state index in [-0.39, 0.29) is 17.1 Å². The predicted molar refractivity (Wildman–Crippen MR) is 80.1 cm³/mol. The van der Waals surface area contributed by atoms with Crippen molar-refractivity contribution in [3.05, 3.63) is 57.3 Å². The summed E-state index contributed by atoms with van der Waals surface area (Å²) >= 11 is 1.28. The van der Waals surface area contributed by atoms with Crippen LogP contribution in [0.3, 0.4) is 0 Å². The molecule has 0 aliphatic rings. The molecule has 2 aromatic rings. The number of allylic oxidation sites excluding steroid dienone is 1. The number of alkyl halides is 2. The van der Waals surface area contributed by atoms with Crippen molar-refractivity contribution in [3.8, 4) is 11.8 Å². The van der Waals surface area contributed by atoms with Gasteiger partial charge in [0.05, 0.1) is 4.88 Å². The predicted octanol–water partition coefficient (Wildman–Crippen LogP) is 4.45. The molecule has 1 aromatic carbocycles. The van der Waals surface area contributed by atoms with Gasteiger partial charge in [-0.2, -0.15) is 14.0 Å². The zero-order valence-electron chi connectivity index (χ0n) is 11.5. The van der Waals surface area contributed by atoms with Gasteiger partial charge in [-0.15, -0.1) is 11.3 Å². The molecule has 112 valence electrons. The summed E-state index contributed by atoms with van der Waals surface area (Å²) in [6, 6.07) is 9.41. The van der Waals surface area contributed by atoms with E-state index in [9.17, 15) is 13.6 Å². The third-order valence-electron chi connectivity index (χ3n) is 2.85. The highest BCUT2D eigenvalue weighted by molar-refractivity contribution is 7.12. The van der Waals surface area contributed by atoms with Crippen molar-refractivity contribution in [2.45, 2.75) is 13.5 Å². The van der Waals surface area contributed by atoms with Gasteiger partial charge < -0.3 is 4.74 Å². The van der Waals surface area contributed by atoms with Crippen LogP contribution in [0.5, 0.6) is 5.75 Å². The first kappa shape index (κ1) is 15.9. The standard InChI is InChI=1S/C16H11F2NO2S/c1-10-6-7-22-15(10)14(20)12(9-19)8-11-2-4-13(5-3-11)21-16(17)18/h2-8,16H,1H3/b12-8+. The van der Waals surface area contributed by atoms with Crippen LogP contribution >= 0.6 is 11.3 Å². The van der Waals surface area contributed by atoms with Crippen LogP contribution in [-0.2, 0) is 0 Å². The molecule has 2 rings (SSSR count). The number of Topliss-reactive ketones (excluding diaryl/α,β-unsaturated/α-hetero) is 1. The van der Waals surface area contributed by atoms with Gasteiger partial charge in [0.25, 0.3) is 0 Å². The van der Waals surface area contributed by atoms with Crippen molar-refractivity contribution in [1.82, 2.24) is 0 Å². The number of benzene rings is 1. The number of hydrogen-bond donors (Lipinski definition) is 0. The molecule has 0 saturated heterocycles. The number of hydrogen-bond acceptors (Lipinski definition) is 4. The Balaban J connectivity index is 2.24. The maximum absolute atomic E-state index is 12.3. The van der Waals surface area contributed by atoms with E-state index in [1.807, 2.05) is 12.1 Å². The molecule has 3 nitrogen and oxygen atoms in total. The van der Waals surface area contributed by atoms with Crippen molar-refractivity contribution in [2.75, 3.05) is 0 Å². The summed E-state index contributed by atoms with van der Waals surface area (Å²) in [5, 5.41) is 10.9. The van der Waals surface area contributed by atoms with Crippen LogP contribution in [-0.4, -0.2) is 12.4 Å². The maximum atomic E-state index is 12.3. The number of aryl methyl sites for hydroxylation is 1. The second-order valence-corrected chi connectivity index (χ2v) is 5.30. The molecule has 22 heavy (non-hydrogen) atoms. The van der Waals surface area contributed by atoms with Crippen molar-refractivity contribution < 1.29 is 18.3 Å². The first-order chi connectivity index (χ1) is 10.5. The zero-order valence-corrected chi connectivity index (χ0v) is 12.4. The minimum Gasteiger partial charge on any atom is -0.435 e. The minimum atomic E-state index is -2.89. The molecule has 0 bridgehead atoms. The summed E-state index contributed by atoms with van der Waals surface area (Å²) in [7, 11) is 0. The molecule has 0 unspecified atom stereocenters. The van der Waals surface area contributed by atoms with Crippen LogP contribution in [0, 0.1) is 18.3 Å². The number of thiophene rings is 1. The molecule has 0 aliphatic heterocycles. The summed E-state index contributed by atoms with van der Waals surface area (Å²) in [6.45, 7) is -1.09. The quantitative estimate of drug-likeness (QED) is 0.465. The normalized spacial score (nSPS) is 11.3. The Bertz CT molecular complexity index is 742. The van der Waals surface area contributed by atoms with Gasteiger partial charge >= 0.3 is 6.61 Å². The Kier molecular flexibility index (Phi) is 5.02. The second kappa shape index (κ2) is 6.96. The number of halogens is 2. The molecule has 0 spiro atoms. The average molecular weight is 319 g/mol. The van der Waals surface area contributed by atoms with Crippen molar-refractivity contribution >= 4 is 23.2 Å². The molecule has 0 aliphatic carbocycles. The van der Waals surface area contributed by atoms with E-state index < -0.39 is 6.61 Å². The highest BCUT2D eigenvalue weighted by Gasteiger charge is 2.15. The van der Waals surface area contributed by atoms with E-state index in [2.05, 4.69) is 4.74 Å². The minimum absolute atomic E-state index is 0.00641. The fourth-order valence-corrected chi connectivity index (χ4v) is 2.67. The monoisotopic (exact) mass is 319 g/mol. The lowest BCUT2D eigenvalue weighted by Gasteiger charge is -2.04. The van der Waals surface area contributed by atoms with Crippen LogP contribution in [0.15, 0.2) is 41.3 Å². The van der Waals surface area contributed by atoms with Gasteiger partial charge in [0.1, 0.15) is 17.4 Å². The van der Waals surface area contributed by atoms with Crippen LogP contribution in [0.1, 0.15) is 20.8 Å². The highest BCUT2D eigenvalue weighted by Crippen LogP contribution is 2.22. The third-order valence-corrected chi connectivity index (χ3v) is 3.86. The van der Waals surface area contributed by atoms with E-state index in [0.717, 1.165) is 5.56 Å². The van der Waals surface area contributed by atoms with Crippen molar-refractivity contribution in [3.63, 3.8) is 0 Å². The summed E-state index contributed by atoms with van der Waals surface area (Å²) in [6.07, 6.45) is 1.42. The van der Waals surface area contributed by atoms with Gasteiger partial charge in [-0.1, -0.05) is 12.1 Å². The topological polar surface area (TPSA) is 50.1 Å². The molecule has 0 amide bonds.